The summed E-state index contributed by atoms with van der Waals surface area (Å²) in [7, 11) is 3.91. The zero-order valence-corrected chi connectivity index (χ0v) is 15.7. The second-order valence-electron chi connectivity index (χ2n) is 7.72. The van der Waals surface area contributed by atoms with Gasteiger partial charge in [-0.1, -0.05) is 18.2 Å². The molecule has 5 rings (SSSR count). The van der Waals surface area contributed by atoms with Crippen molar-refractivity contribution in [1.82, 2.24) is 4.90 Å². The first kappa shape index (κ1) is 18.8. The number of rotatable bonds is 1. The van der Waals surface area contributed by atoms with Crippen LogP contribution in [0.1, 0.15) is 17.5 Å². The number of aliphatic hydroxyl groups is 1. The molecule has 2 heterocycles. The van der Waals surface area contributed by atoms with E-state index in [1.54, 1.807) is 7.11 Å². The Morgan fingerprint density at radius 3 is 2.61 bits per heavy atom. The van der Waals surface area contributed by atoms with E-state index in [-0.39, 0.29) is 11.5 Å². The lowest BCUT2D eigenvalue weighted by Crippen LogP contribution is -2.64. The number of piperidine rings is 1. The molecule has 0 saturated carbocycles. The summed E-state index contributed by atoms with van der Waals surface area (Å²) in [6, 6.07) is 4.70. The average molecular weight is 389 g/mol. The maximum Gasteiger partial charge on any atom is 0.414 e. The maximum absolute atomic E-state index is 10.6. The van der Waals surface area contributed by atoms with Crippen LogP contribution in [0.25, 0.3) is 0 Å². The van der Waals surface area contributed by atoms with Crippen LogP contribution >= 0.6 is 0 Å². The minimum Gasteiger partial charge on any atom is -0.493 e. The quantitative estimate of drug-likeness (QED) is 0.474. The fourth-order valence-corrected chi connectivity index (χ4v) is 5.39. The molecule has 28 heavy (non-hydrogen) atoms. The number of hydrogen-bond donors (Lipinski definition) is 3. The summed E-state index contributed by atoms with van der Waals surface area (Å²) in [6.07, 6.45) is 5.54. The molecule has 1 aromatic rings. The van der Waals surface area contributed by atoms with Crippen molar-refractivity contribution in [2.24, 2.45) is 5.92 Å². The predicted molar refractivity (Wildman–Crippen MR) is 97.7 cm³/mol. The fraction of sp³-hybridized carbons (Fsp3) is 0.500. The first-order valence-electron chi connectivity index (χ1n) is 9.21. The van der Waals surface area contributed by atoms with Crippen LogP contribution in [-0.4, -0.2) is 71.1 Å². The number of carbonyl (C=O) groups is 2. The van der Waals surface area contributed by atoms with Gasteiger partial charge in [-0.15, -0.1) is 0 Å². The van der Waals surface area contributed by atoms with Gasteiger partial charge >= 0.3 is 11.9 Å². The summed E-state index contributed by atoms with van der Waals surface area (Å²) in [5, 5.41) is 25.3. The van der Waals surface area contributed by atoms with Crippen LogP contribution in [0.3, 0.4) is 0 Å². The first-order valence-corrected chi connectivity index (χ1v) is 9.21. The minimum atomic E-state index is -1.82. The van der Waals surface area contributed by atoms with Gasteiger partial charge in [0.1, 0.15) is 12.2 Å². The number of likely N-dealkylation sites (tertiary alicyclic amines) is 1. The van der Waals surface area contributed by atoms with E-state index in [0.29, 0.717) is 12.0 Å². The molecule has 1 spiro atoms. The number of likely N-dealkylation sites (N-methyl/N-ethyl adjacent to an activating group) is 1. The molecule has 8 nitrogen and oxygen atoms in total. The number of methoxy groups -OCH3 is 1. The van der Waals surface area contributed by atoms with Crippen LogP contribution in [-0.2, 0) is 21.4 Å². The van der Waals surface area contributed by atoms with E-state index in [1.165, 1.54) is 11.1 Å². The van der Waals surface area contributed by atoms with Crippen LogP contribution in [0.15, 0.2) is 24.3 Å². The predicted octanol–water partition coefficient (Wildman–Crippen LogP) is 0.657. The first-order chi connectivity index (χ1) is 13.3. The Hall–Kier alpha value is -2.58. The Labute approximate surface area is 162 Å². The fourth-order valence-electron chi connectivity index (χ4n) is 5.39. The number of benzene rings is 1. The molecule has 1 aromatic carbocycles. The van der Waals surface area contributed by atoms with E-state index in [9.17, 15) is 5.11 Å². The number of aliphatic carboxylic acids is 2. The number of aliphatic hydroxyl groups excluding tert-OH is 1. The van der Waals surface area contributed by atoms with E-state index in [0.717, 1.165) is 30.9 Å². The summed E-state index contributed by atoms with van der Waals surface area (Å²) in [5.41, 5.74) is 2.60. The van der Waals surface area contributed by atoms with Gasteiger partial charge in [0, 0.05) is 22.9 Å². The normalized spacial score (nSPS) is 33.8. The van der Waals surface area contributed by atoms with Crippen molar-refractivity contribution < 1.29 is 34.4 Å². The Morgan fingerprint density at radius 2 is 1.96 bits per heavy atom. The number of ether oxygens (including phenoxy) is 2. The highest BCUT2D eigenvalue weighted by atomic mass is 16.5. The van der Waals surface area contributed by atoms with Crippen molar-refractivity contribution in [2.75, 3.05) is 20.7 Å². The molecule has 150 valence electrons. The molecule has 0 amide bonds. The van der Waals surface area contributed by atoms with Crippen LogP contribution in [0.4, 0.5) is 0 Å². The zero-order valence-electron chi connectivity index (χ0n) is 15.7. The molecular weight excluding hydrogens is 366 g/mol. The Balaban J connectivity index is 0.000000283. The molecule has 2 bridgehead atoms. The van der Waals surface area contributed by atoms with Crippen molar-refractivity contribution in [3.63, 3.8) is 0 Å². The molecule has 5 unspecified atom stereocenters. The van der Waals surface area contributed by atoms with Gasteiger partial charge in [-0.2, -0.15) is 0 Å². The smallest absolute Gasteiger partial charge is 0.414 e. The highest BCUT2D eigenvalue weighted by molar-refractivity contribution is 6.27. The second-order valence-corrected chi connectivity index (χ2v) is 7.72. The van der Waals surface area contributed by atoms with Crippen molar-refractivity contribution in [2.45, 2.75) is 36.5 Å². The number of carboxylic acids is 2. The van der Waals surface area contributed by atoms with E-state index >= 15 is 0 Å². The molecule has 0 radical (unpaired) electrons. The molecule has 2 aliphatic heterocycles. The van der Waals surface area contributed by atoms with Crippen molar-refractivity contribution >= 4 is 11.9 Å². The third-order valence-corrected chi connectivity index (χ3v) is 6.54. The lowest BCUT2D eigenvalue weighted by atomic mass is 9.53. The summed E-state index contributed by atoms with van der Waals surface area (Å²) in [6.45, 7) is 1.05. The molecule has 2 aliphatic carbocycles. The van der Waals surface area contributed by atoms with E-state index in [4.69, 9.17) is 29.3 Å². The summed E-state index contributed by atoms with van der Waals surface area (Å²) < 4.78 is 11.8. The van der Waals surface area contributed by atoms with Gasteiger partial charge in [0.15, 0.2) is 11.5 Å². The van der Waals surface area contributed by atoms with Crippen LogP contribution in [0, 0.1) is 5.92 Å². The van der Waals surface area contributed by atoms with Gasteiger partial charge in [-0.05, 0) is 38.1 Å². The van der Waals surface area contributed by atoms with Crippen molar-refractivity contribution in [3.05, 3.63) is 35.4 Å². The van der Waals surface area contributed by atoms with Crippen molar-refractivity contribution in [1.29, 1.82) is 0 Å². The van der Waals surface area contributed by atoms with Gasteiger partial charge < -0.3 is 29.7 Å². The standard InChI is InChI=1S/C18H21NO3.C2H2O4/c1-19-8-7-18-11-4-5-13(20)17(18)22-16-14(21-2)6-3-10(15(16)18)9-12(11)19;3-1(4)2(5)6/h3-6,11-13,17,20H,7-9H2,1-2H3;(H,3,4)(H,5,6). The van der Waals surface area contributed by atoms with Gasteiger partial charge in [-0.3, -0.25) is 0 Å². The minimum absolute atomic E-state index is 0.0806. The van der Waals surface area contributed by atoms with E-state index in [1.807, 2.05) is 12.1 Å². The van der Waals surface area contributed by atoms with Gasteiger partial charge in [0.2, 0.25) is 0 Å². The Kier molecular flexibility index (Phi) is 4.35. The number of carboxylic acid groups (broad SMARTS) is 2. The molecule has 1 fully saturated rings. The van der Waals surface area contributed by atoms with Gasteiger partial charge in [0.25, 0.3) is 0 Å². The monoisotopic (exact) mass is 389 g/mol. The highest BCUT2D eigenvalue weighted by Gasteiger charge is 2.64. The molecular formula is C20H23NO7. The van der Waals surface area contributed by atoms with Crippen molar-refractivity contribution in [3.8, 4) is 11.5 Å². The van der Waals surface area contributed by atoms with Gasteiger partial charge in [-0.25, -0.2) is 9.59 Å². The van der Waals surface area contributed by atoms with E-state index in [2.05, 4.69) is 24.1 Å². The third-order valence-electron chi connectivity index (χ3n) is 6.54. The topological polar surface area (TPSA) is 117 Å². The van der Waals surface area contributed by atoms with Crippen LogP contribution in [0.2, 0.25) is 0 Å². The van der Waals surface area contributed by atoms with Crippen LogP contribution < -0.4 is 9.47 Å². The summed E-state index contributed by atoms with van der Waals surface area (Å²) in [5.74, 6) is -1.56. The molecule has 0 aromatic heterocycles. The molecule has 1 saturated heterocycles. The number of hydrogen-bond acceptors (Lipinski definition) is 6. The molecule has 4 aliphatic rings. The largest absolute Gasteiger partial charge is 0.493 e. The second kappa shape index (κ2) is 6.49. The lowest BCUT2D eigenvalue weighted by Gasteiger charge is -2.56. The Morgan fingerprint density at radius 1 is 1.25 bits per heavy atom. The van der Waals surface area contributed by atoms with Crippen LogP contribution in [0.5, 0.6) is 11.5 Å². The average Bonchev–Trinajstić information content (AvgIpc) is 3.02. The zero-order chi connectivity index (χ0) is 20.2. The lowest BCUT2D eigenvalue weighted by molar-refractivity contribution is -0.159. The third kappa shape index (κ3) is 2.44. The highest BCUT2D eigenvalue weighted by Crippen LogP contribution is 2.62. The molecule has 5 atom stereocenters. The molecule has 8 heteroatoms. The summed E-state index contributed by atoms with van der Waals surface area (Å²) in [4.78, 5) is 20.7. The van der Waals surface area contributed by atoms with Gasteiger partial charge in [0.05, 0.1) is 7.11 Å². The van der Waals surface area contributed by atoms with E-state index < -0.39 is 18.0 Å². The maximum atomic E-state index is 10.6. The SMILES string of the molecule is COc1ccc2c3c1OC1C(O)C=CC4C(C2)N(C)CCC341.O=C(O)C(=O)O. The number of nitrogens with zero attached hydrogens (tertiary/aromatic N) is 1. The molecule has 3 N–H and O–H groups in total. The summed E-state index contributed by atoms with van der Waals surface area (Å²) >= 11 is 0. The Bertz CT molecular complexity index is 854.